The molecule has 15 heavy (non-hydrogen) atoms. The molecule has 0 saturated heterocycles. The first-order valence-electron chi connectivity index (χ1n) is 4.92. The first-order valence-corrected chi connectivity index (χ1v) is 5.71. The smallest absolute Gasteiger partial charge is 0.404 e. The minimum absolute atomic E-state index is 0.0659. The molecule has 2 N–H and O–H groups in total. The van der Waals surface area contributed by atoms with Gasteiger partial charge in [0.15, 0.2) is 0 Å². The van der Waals surface area contributed by atoms with Crippen molar-refractivity contribution in [2.75, 3.05) is 0 Å². The van der Waals surface area contributed by atoms with Crippen molar-refractivity contribution in [3.8, 4) is 0 Å². The summed E-state index contributed by atoms with van der Waals surface area (Å²) >= 11 is 3.44. The Kier molecular flexibility index (Phi) is 2.95. The zero-order valence-electron chi connectivity index (χ0n) is 8.16. The Hall–Kier alpha value is -1.03. The van der Waals surface area contributed by atoms with Crippen molar-refractivity contribution < 1.29 is 9.90 Å². The van der Waals surface area contributed by atoms with E-state index in [9.17, 15) is 4.79 Å². The van der Waals surface area contributed by atoms with Gasteiger partial charge in [0.1, 0.15) is 0 Å². The van der Waals surface area contributed by atoms with E-state index in [2.05, 4.69) is 33.4 Å². The van der Waals surface area contributed by atoms with Crippen molar-refractivity contribution in [2.24, 2.45) is 0 Å². The van der Waals surface area contributed by atoms with Crippen LogP contribution in [0, 0.1) is 0 Å². The maximum atomic E-state index is 10.5. The lowest BCUT2D eigenvalue weighted by atomic mass is 9.88. The summed E-state index contributed by atoms with van der Waals surface area (Å²) in [7, 11) is 0. The molecule has 3 nitrogen and oxygen atoms in total. The van der Waals surface area contributed by atoms with Gasteiger partial charge in [-0.15, -0.1) is 0 Å². The van der Waals surface area contributed by atoms with E-state index in [1.807, 2.05) is 6.07 Å². The fourth-order valence-corrected chi connectivity index (χ4v) is 2.43. The first kappa shape index (κ1) is 10.5. The summed E-state index contributed by atoms with van der Waals surface area (Å²) in [5.41, 5.74) is 2.58. The lowest BCUT2D eigenvalue weighted by Crippen LogP contribution is -2.37. The second-order valence-corrected chi connectivity index (χ2v) is 4.72. The van der Waals surface area contributed by atoms with Crippen molar-refractivity contribution in [2.45, 2.75) is 25.3 Å². The SMILES string of the molecule is O=C(O)N[C@H]1CCc2cc(Br)ccc2C1. The molecule has 0 bridgehead atoms. The fraction of sp³-hybridized carbons (Fsp3) is 0.364. The van der Waals surface area contributed by atoms with Crippen LogP contribution in [0.1, 0.15) is 17.5 Å². The Balaban J connectivity index is 2.13. The number of hydrogen-bond donors (Lipinski definition) is 2. The molecule has 0 saturated carbocycles. The van der Waals surface area contributed by atoms with Gasteiger partial charge in [-0.2, -0.15) is 0 Å². The average Bonchev–Trinajstić information content (AvgIpc) is 2.17. The number of hydrogen-bond acceptors (Lipinski definition) is 1. The zero-order chi connectivity index (χ0) is 10.8. The zero-order valence-corrected chi connectivity index (χ0v) is 9.75. The molecule has 0 aromatic heterocycles. The van der Waals surface area contributed by atoms with Crippen molar-refractivity contribution in [1.29, 1.82) is 0 Å². The van der Waals surface area contributed by atoms with Gasteiger partial charge in [0.2, 0.25) is 0 Å². The van der Waals surface area contributed by atoms with E-state index in [1.165, 1.54) is 11.1 Å². The van der Waals surface area contributed by atoms with E-state index >= 15 is 0 Å². The Labute approximate surface area is 96.6 Å². The summed E-state index contributed by atoms with van der Waals surface area (Å²) in [5, 5.41) is 11.2. The van der Waals surface area contributed by atoms with Crippen molar-refractivity contribution >= 4 is 22.0 Å². The summed E-state index contributed by atoms with van der Waals surface area (Å²) < 4.78 is 1.09. The monoisotopic (exact) mass is 269 g/mol. The summed E-state index contributed by atoms with van der Waals surface area (Å²) in [4.78, 5) is 10.5. The number of aryl methyl sites for hydroxylation is 1. The minimum atomic E-state index is -0.930. The Morgan fingerprint density at radius 3 is 3.00 bits per heavy atom. The molecular formula is C11H12BrNO2. The number of carbonyl (C=O) groups is 1. The van der Waals surface area contributed by atoms with Gasteiger partial charge in [-0.3, -0.25) is 0 Å². The topological polar surface area (TPSA) is 49.3 Å². The summed E-state index contributed by atoms with van der Waals surface area (Å²) in [6.07, 6.45) is 1.70. The molecule has 1 amide bonds. The molecule has 0 fully saturated rings. The summed E-state index contributed by atoms with van der Waals surface area (Å²) in [6.45, 7) is 0. The van der Waals surface area contributed by atoms with Gasteiger partial charge in [0.05, 0.1) is 0 Å². The van der Waals surface area contributed by atoms with Gasteiger partial charge in [0.25, 0.3) is 0 Å². The van der Waals surface area contributed by atoms with E-state index in [0.29, 0.717) is 0 Å². The first-order chi connectivity index (χ1) is 7.15. The highest BCUT2D eigenvalue weighted by atomic mass is 79.9. The number of benzene rings is 1. The van der Waals surface area contributed by atoms with Crippen LogP contribution in [0.25, 0.3) is 0 Å². The van der Waals surface area contributed by atoms with E-state index in [1.54, 1.807) is 0 Å². The third kappa shape index (κ3) is 2.50. The molecule has 2 rings (SSSR count). The number of fused-ring (bicyclic) bond motifs is 1. The average molecular weight is 270 g/mol. The highest BCUT2D eigenvalue weighted by molar-refractivity contribution is 9.10. The van der Waals surface area contributed by atoms with Crippen molar-refractivity contribution in [3.05, 3.63) is 33.8 Å². The molecule has 0 aliphatic heterocycles. The van der Waals surface area contributed by atoms with Crippen LogP contribution in [-0.2, 0) is 12.8 Å². The lowest BCUT2D eigenvalue weighted by molar-refractivity contribution is 0.188. The number of carboxylic acid groups (broad SMARTS) is 1. The summed E-state index contributed by atoms with van der Waals surface area (Å²) in [6, 6.07) is 6.25. The second kappa shape index (κ2) is 4.23. The highest BCUT2D eigenvalue weighted by Gasteiger charge is 2.19. The molecule has 0 spiro atoms. The third-order valence-corrected chi connectivity index (χ3v) is 3.22. The molecule has 1 aliphatic carbocycles. The van der Waals surface area contributed by atoms with Gasteiger partial charge < -0.3 is 10.4 Å². The predicted octanol–water partition coefficient (Wildman–Crippen LogP) is 2.57. The molecule has 1 aromatic carbocycles. The minimum Gasteiger partial charge on any atom is -0.465 e. The normalized spacial score (nSPS) is 19.4. The van der Waals surface area contributed by atoms with E-state index < -0.39 is 6.09 Å². The van der Waals surface area contributed by atoms with Gasteiger partial charge in [0, 0.05) is 10.5 Å². The molecule has 80 valence electrons. The van der Waals surface area contributed by atoms with Crippen molar-refractivity contribution in [1.82, 2.24) is 5.32 Å². The second-order valence-electron chi connectivity index (χ2n) is 3.80. The Morgan fingerprint density at radius 1 is 1.47 bits per heavy atom. The van der Waals surface area contributed by atoms with Crippen LogP contribution < -0.4 is 5.32 Å². The quantitative estimate of drug-likeness (QED) is 0.824. The van der Waals surface area contributed by atoms with Crippen LogP contribution in [0.4, 0.5) is 4.79 Å². The van der Waals surface area contributed by atoms with Gasteiger partial charge in [-0.1, -0.05) is 22.0 Å². The molecule has 4 heteroatoms. The maximum absolute atomic E-state index is 10.5. The largest absolute Gasteiger partial charge is 0.465 e. The van der Waals surface area contributed by atoms with Crippen LogP contribution >= 0.6 is 15.9 Å². The van der Waals surface area contributed by atoms with Crippen LogP contribution in [0.2, 0.25) is 0 Å². The van der Waals surface area contributed by atoms with Gasteiger partial charge in [-0.25, -0.2) is 4.79 Å². The molecule has 0 heterocycles. The standard InChI is InChI=1S/C11H12BrNO2/c12-9-3-1-8-6-10(13-11(14)15)4-2-7(8)5-9/h1,3,5,10,13H,2,4,6H2,(H,14,15)/t10-/m0/s1. The van der Waals surface area contributed by atoms with Crippen LogP contribution in [0.5, 0.6) is 0 Å². The molecule has 1 atom stereocenters. The number of halogens is 1. The summed E-state index contributed by atoms with van der Waals surface area (Å²) in [5.74, 6) is 0. The molecular weight excluding hydrogens is 258 g/mol. The molecule has 0 radical (unpaired) electrons. The molecule has 1 aromatic rings. The van der Waals surface area contributed by atoms with Crippen LogP contribution in [0.3, 0.4) is 0 Å². The fourth-order valence-electron chi connectivity index (χ4n) is 2.02. The Morgan fingerprint density at radius 2 is 2.27 bits per heavy atom. The Bertz CT molecular complexity index is 392. The number of nitrogens with one attached hydrogen (secondary N) is 1. The predicted molar refractivity (Wildman–Crippen MR) is 61.1 cm³/mol. The molecule has 1 aliphatic rings. The van der Waals surface area contributed by atoms with Gasteiger partial charge >= 0.3 is 6.09 Å². The maximum Gasteiger partial charge on any atom is 0.404 e. The van der Waals surface area contributed by atoms with Crippen molar-refractivity contribution in [3.63, 3.8) is 0 Å². The molecule has 0 unspecified atom stereocenters. The van der Waals surface area contributed by atoms with E-state index in [-0.39, 0.29) is 6.04 Å². The van der Waals surface area contributed by atoms with E-state index in [4.69, 9.17) is 5.11 Å². The number of rotatable bonds is 1. The van der Waals surface area contributed by atoms with E-state index in [0.717, 1.165) is 23.7 Å². The third-order valence-electron chi connectivity index (χ3n) is 2.72. The van der Waals surface area contributed by atoms with Crippen LogP contribution in [0.15, 0.2) is 22.7 Å². The van der Waals surface area contributed by atoms with Crippen LogP contribution in [-0.4, -0.2) is 17.2 Å². The number of amides is 1. The highest BCUT2D eigenvalue weighted by Crippen LogP contribution is 2.24. The lowest BCUT2D eigenvalue weighted by Gasteiger charge is -2.24. The van der Waals surface area contributed by atoms with Gasteiger partial charge in [-0.05, 0) is 42.5 Å².